The summed E-state index contributed by atoms with van der Waals surface area (Å²) in [6.07, 6.45) is -0.0178. The van der Waals surface area contributed by atoms with Gasteiger partial charge in [0.2, 0.25) is 11.8 Å². The number of carbonyl (C=O) groups excluding carboxylic acids is 3. The Morgan fingerprint density at radius 2 is 1.79 bits per heavy atom. The van der Waals surface area contributed by atoms with Crippen molar-refractivity contribution >= 4 is 46.8 Å². The van der Waals surface area contributed by atoms with Gasteiger partial charge in [0, 0.05) is 16.9 Å². The van der Waals surface area contributed by atoms with E-state index >= 15 is 0 Å². The number of carboxylic acids is 1. The number of hydrogen-bond acceptors (Lipinski definition) is 5. The number of carbonyl (C=O) groups is 3. The third-order valence-corrected chi connectivity index (χ3v) is 5.16. The van der Waals surface area contributed by atoms with Crippen LogP contribution in [0.4, 0.5) is 5.69 Å². The minimum atomic E-state index is -1.32. The van der Waals surface area contributed by atoms with E-state index < -0.39 is 17.1 Å². The summed E-state index contributed by atoms with van der Waals surface area (Å²) in [6, 6.07) is 12.8. The fourth-order valence-electron chi connectivity index (χ4n) is 2.47. The van der Waals surface area contributed by atoms with Crippen molar-refractivity contribution in [3.63, 3.8) is 0 Å². The topological polar surface area (TPSA) is 77.5 Å². The molecule has 1 fully saturated rings. The average molecular weight is 361 g/mol. The molecule has 1 aliphatic rings. The van der Waals surface area contributed by atoms with Gasteiger partial charge in [0.15, 0.2) is 0 Å². The Morgan fingerprint density at radius 1 is 1.12 bits per heavy atom. The summed E-state index contributed by atoms with van der Waals surface area (Å²) in [5, 5.41) is 10.8. The Labute approximate surface area is 147 Å². The van der Waals surface area contributed by atoms with Gasteiger partial charge in [-0.05, 0) is 18.2 Å². The summed E-state index contributed by atoms with van der Waals surface area (Å²) < 4.78 is 0. The second-order valence-electron chi connectivity index (χ2n) is 5.11. The highest BCUT2D eigenvalue weighted by molar-refractivity contribution is 8.00. The van der Waals surface area contributed by atoms with E-state index in [4.69, 9.17) is 11.6 Å². The molecule has 1 heterocycles. The number of imide groups is 1. The van der Waals surface area contributed by atoms with Crippen LogP contribution in [-0.4, -0.2) is 23.0 Å². The number of hydrogen-bond donors (Lipinski definition) is 0. The molecule has 0 unspecified atom stereocenters. The van der Waals surface area contributed by atoms with Gasteiger partial charge >= 0.3 is 0 Å². The molecule has 0 aliphatic carbocycles. The molecule has 1 saturated heterocycles. The van der Waals surface area contributed by atoms with Crippen molar-refractivity contribution in [1.82, 2.24) is 0 Å². The fourth-order valence-corrected chi connectivity index (χ4v) is 3.87. The van der Waals surface area contributed by atoms with E-state index in [9.17, 15) is 19.5 Å². The van der Waals surface area contributed by atoms with Crippen molar-refractivity contribution in [3.8, 4) is 0 Å². The lowest BCUT2D eigenvalue weighted by Crippen LogP contribution is -2.31. The summed E-state index contributed by atoms with van der Waals surface area (Å²) in [6.45, 7) is 0. The number of para-hydroxylation sites is 1. The number of carboxylic acid groups (broad SMARTS) is 1. The number of benzene rings is 2. The van der Waals surface area contributed by atoms with Gasteiger partial charge < -0.3 is 9.90 Å². The Balaban J connectivity index is 1.88. The van der Waals surface area contributed by atoms with E-state index in [1.165, 1.54) is 6.07 Å². The van der Waals surface area contributed by atoms with Crippen molar-refractivity contribution in [2.45, 2.75) is 16.6 Å². The zero-order valence-corrected chi connectivity index (χ0v) is 13.8. The maximum atomic E-state index is 12.6. The average Bonchev–Trinajstić information content (AvgIpc) is 2.82. The highest BCUT2D eigenvalue weighted by Crippen LogP contribution is 2.37. The van der Waals surface area contributed by atoms with E-state index in [0.717, 1.165) is 16.7 Å². The van der Waals surface area contributed by atoms with Crippen LogP contribution >= 0.6 is 23.4 Å². The van der Waals surface area contributed by atoms with E-state index in [0.29, 0.717) is 15.6 Å². The first-order chi connectivity index (χ1) is 11.5. The van der Waals surface area contributed by atoms with E-state index in [1.807, 2.05) is 0 Å². The van der Waals surface area contributed by atoms with Gasteiger partial charge in [-0.3, -0.25) is 9.59 Å². The molecule has 5 nitrogen and oxygen atoms in total. The van der Waals surface area contributed by atoms with Crippen molar-refractivity contribution in [2.75, 3.05) is 4.90 Å². The molecule has 7 heteroatoms. The Morgan fingerprint density at radius 3 is 2.50 bits per heavy atom. The number of rotatable bonds is 4. The fraction of sp³-hybridized carbons (Fsp3) is 0.118. The van der Waals surface area contributed by atoms with Crippen LogP contribution in [0.2, 0.25) is 5.02 Å². The monoisotopic (exact) mass is 360 g/mol. The van der Waals surface area contributed by atoms with E-state index in [-0.39, 0.29) is 17.9 Å². The molecule has 0 bridgehead atoms. The highest BCUT2D eigenvalue weighted by atomic mass is 35.5. The Bertz CT molecular complexity index is 839. The molecule has 3 rings (SSSR count). The molecule has 2 amide bonds. The van der Waals surface area contributed by atoms with Crippen LogP contribution < -0.4 is 10.0 Å². The largest absolute Gasteiger partial charge is 0.545 e. The van der Waals surface area contributed by atoms with Crippen LogP contribution in [0.1, 0.15) is 16.8 Å². The van der Waals surface area contributed by atoms with Gasteiger partial charge in [-0.15, -0.1) is 11.8 Å². The third kappa shape index (κ3) is 3.02. The second-order valence-corrected chi connectivity index (χ2v) is 6.76. The van der Waals surface area contributed by atoms with Gasteiger partial charge in [-0.25, -0.2) is 4.90 Å². The van der Waals surface area contributed by atoms with Crippen LogP contribution in [-0.2, 0) is 9.59 Å². The first kappa shape index (κ1) is 16.5. The second kappa shape index (κ2) is 6.67. The number of nitrogens with zero attached hydrogens (tertiary/aromatic N) is 1. The lowest BCUT2D eigenvalue weighted by Gasteiger charge is -2.17. The number of halogens is 1. The van der Waals surface area contributed by atoms with Crippen LogP contribution in [0.25, 0.3) is 0 Å². The summed E-state index contributed by atoms with van der Waals surface area (Å²) in [5.41, 5.74) is 0.337. The molecule has 0 radical (unpaired) electrons. The first-order valence-corrected chi connectivity index (χ1v) is 8.33. The van der Waals surface area contributed by atoms with E-state index in [1.54, 1.807) is 42.5 Å². The zero-order chi connectivity index (χ0) is 17.3. The number of aromatic carboxylic acids is 1. The zero-order valence-electron chi connectivity index (χ0n) is 12.3. The first-order valence-electron chi connectivity index (χ1n) is 7.07. The van der Waals surface area contributed by atoms with Crippen LogP contribution in [0.3, 0.4) is 0 Å². The molecule has 0 saturated carbocycles. The number of amides is 2. The summed E-state index contributed by atoms with van der Waals surface area (Å²) in [5.74, 6) is -2.10. The van der Waals surface area contributed by atoms with Gasteiger partial charge in [-0.1, -0.05) is 41.9 Å². The molecule has 0 aromatic heterocycles. The Kier molecular flexibility index (Phi) is 4.59. The van der Waals surface area contributed by atoms with Crippen molar-refractivity contribution in [2.24, 2.45) is 0 Å². The standard InChI is InChI=1S/C17H12ClNO4S/c18-11-6-2-3-7-12(11)19-15(20)9-14(16(19)21)24-13-8-4-1-5-10(13)17(22)23/h1-8,14H,9H2,(H,22,23)/p-1/t14-/m0/s1. The van der Waals surface area contributed by atoms with Crippen LogP contribution in [0.15, 0.2) is 53.4 Å². The van der Waals surface area contributed by atoms with Gasteiger partial charge in [0.1, 0.15) is 0 Å². The smallest absolute Gasteiger partial charge is 0.247 e. The molecule has 122 valence electrons. The molecular weight excluding hydrogens is 350 g/mol. The molecule has 0 N–H and O–H groups in total. The normalized spacial score (nSPS) is 17.4. The van der Waals surface area contributed by atoms with Gasteiger partial charge in [-0.2, -0.15) is 0 Å². The van der Waals surface area contributed by atoms with Crippen molar-refractivity contribution in [1.29, 1.82) is 0 Å². The molecule has 0 spiro atoms. The van der Waals surface area contributed by atoms with Crippen LogP contribution in [0.5, 0.6) is 0 Å². The summed E-state index contributed by atoms with van der Waals surface area (Å²) in [4.78, 5) is 37.5. The molecular formula is C17H11ClNO4S-. The third-order valence-electron chi connectivity index (χ3n) is 3.57. The van der Waals surface area contributed by atoms with Gasteiger partial charge in [0.25, 0.3) is 0 Å². The quantitative estimate of drug-likeness (QED) is 0.780. The van der Waals surface area contributed by atoms with Crippen molar-refractivity contribution in [3.05, 3.63) is 59.1 Å². The SMILES string of the molecule is O=C([O-])c1ccccc1S[C@H]1CC(=O)N(c2ccccc2Cl)C1=O. The highest BCUT2D eigenvalue weighted by Gasteiger charge is 2.41. The minimum absolute atomic E-state index is 0.000979. The molecule has 2 aromatic carbocycles. The predicted octanol–water partition coefficient (Wildman–Crippen LogP) is 2.13. The lowest BCUT2D eigenvalue weighted by molar-refractivity contribution is -0.255. The molecule has 1 atom stereocenters. The molecule has 24 heavy (non-hydrogen) atoms. The minimum Gasteiger partial charge on any atom is -0.545 e. The number of anilines is 1. The molecule has 2 aromatic rings. The van der Waals surface area contributed by atoms with Gasteiger partial charge in [0.05, 0.1) is 21.9 Å². The predicted molar refractivity (Wildman–Crippen MR) is 89.0 cm³/mol. The maximum Gasteiger partial charge on any atom is 0.247 e. The van der Waals surface area contributed by atoms with Crippen molar-refractivity contribution < 1.29 is 19.5 Å². The molecule has 1 aliphatic heterocycles. The van der Waals surface area contributed by atoms with Crippen LogP contribution in [0, 0.1) is 0 Å². The summed E-state index contributed by atoms with van der Waals surface area (Å²) in [7, 11) is 0. The Hall–Kier alpha value is -2.31. The van der Waals surface area contributed by atoms with E-state index in [2.05, 4.69) is 0 Å². The maximum absolute atomic E-state index is 12.6. The summed E-state index contributed by atoms with van der Waals surface area (Å²) >= 11 is 7.12. The lowest BCUT2D eigenvalue weighted by atomic mass is 10.2. The number of thioether (sulfide) groups is 1.